The largest absolute Gasteiger partial charge is 0.379 e. The second-order valence-electron chi connectivity index (χ2n) is 7.86. The van der Waals surface area contributed by atoms with Crippen LogP contribution >= 0.6 is 11.3 Å². The second kappa shape index (κ2) is 11.8. The lowest BCUT2D eigenvalue weighted by Gasteiger charge is -2.33. The van der Waals surface area contributed by atoms with Gasteiger partial charge in [-0.15, -0.1) is 11.3 Å². The standard InChI is InChI=1S/C21H37N5OS/c1-3-22-21(23-9-6-18-7-10-25(2)11-8-18)24-17-19(20-5-4-16-28-20)26-12-14-27-15-13-26/h4-5,16,18-19H,3,6-15,17H2,1-2H3,(H2,22,23,24). The first-order chi connectivity index (χ1) is 13.8. The maximum atomic E-state index is 5.55. The number of piperidine rings is 1. The molecule has 2 aliphatic heterocycles. The normalized spacial score (nSPS) is 21.6. The molecule has 1 unspecified atom stereocenters. The van der Waals surface area contributed by atoms with E-state index in [1.807, 2.05) is 11.3 Å². The van der Waals surface area contributed by atoms with Crippen LogP contribution in [0.3, 0.4) is 0 Å². The van der Waals surface area contributed by atoms with Crippen LogP contribution in [0.25, 0.3) is 0 Å². The van der Waals surface area contributed by atoms with Crippen LogP contribution in [0.15, 0.2) is 22.5 Å². The zero-order valence-electron chi connectivity index (χ0n) is 17.5. The summed E-state index contributed by atoms with van der Waals surface area (Å²) in [5, 5.41) is 9.15. The average Bonchev–Trinajstić information content (AvgIpc) is 3.25. The van der Waals surface area contributed by atoms with Gasteiger partial charge in [-0.05, 0) is 63.7 Å². The van der Waals surface area contributed by atoms with E-state index in [0.717, 1.165) is 57.8 Å². The second-order valence-corrected chi connectivity index (χ2v) is 8.84. The molecule has 0 amide bonds. The molecule has 2 saturated heterocycles. The van der Waals surface area contributed by atoms with Gasteiger partial charge in [-0.2, -0.15) is 0 Å². The fourth-order valence-electron chi connectivity index (χ4n) is 4.02. The highest BCUT2D eigenvalue weighted by molar-refractivity contribution is 7.10. The third-order valence-corrected chi connectivity index (χ3v) is 6.78. The number of ether oxygens (including phenoxy) is 1. The molecule has 1 atom stereocenters. The Labute approximate surface area is 174 Å². The van der Waals surface area contributed by atoms with Gasteiger partial charge in [0.1, 0.15) is 0 Å². The third kappa shape index (κ3) is 6.72. The Morgan fingerprint density at radius 2 is 2.04 bits per heavy atom. The summed E-state index contributed by atoms with van der Waals surface area (Å²) >= 11 is 1.83. The number of hydrogen-bond donors (Lipinski definition) is 2. The Kier molecular flexibility index (Phi) is 9.05. The van der Waals surface area contributed by atoms with Crippen LogP contribution in [-0.2, 0) is 4.74 Å². The first-order valence-electron chi connectivity index (χ1n) is 10.8. The lowest BCUT2D eigenvalue weighted by atomic mass is 9.94. The van der Waals surface area contributed by atoms with Gasteiger partial charge < -0.3 is 20.3 Å². The molecule has 2 N–H and O–H groups in total. The molecule has 2 fully saturated rings. The zero-order valence-corrected chi connectivity index (χ0v) is 18.3. The molecule has 0 aliphatic carbocycles. The van der Waals surface area contributed by atoms with Crippen LogP contribution < -0.4 is 10.6 Å². The highest BCUT2D eigenvalue weighted by Crippen LogP contribution is 2.26. The van der Waals surface area contributed by atoms with Gasteiger partial charge in [0.2, 0.25) is 0 Å². The van der Waals surface area contributed by atoms with E-state index in [0.29, 0.717) is 6.04 Å². The van der Waals surface area contributed by atoms with E-state index in [-0.39, 0.29) is 0 Å². The van der Waals surface area contributed by atoms with Crippen molar-refractivity contribution in [2.24, 2.45) is 10.9 Å². The monoisotopic (exact) mass is 407 g/mol. The molecule has 2 aliphatic rings. The Morgan fingerprint density at radius 1 is 1.25 bits per heavy atom. The van der Waals surface area contributed by atoms with E-state index in [1.165, 1.54) is 37.2 Å². The minimum atomic E-state index is 0.341. The molecular weight excluding hydrogens is 370 g/mol. The summed E-state index contributed by atoms with van der Waals surface area (Å²) in [5.41, 5.74) is 0. The van der Waals surface area contributed by atoms with Gasteiger partial charge in [0, 0.05) is 31.1 Å². The van der Waals surface area contributed by atoms with E-state index in [4.69, 9.17) is 9.73 Å². The average molecular weight is 408 g/mol. The number of nitrogens with zero attached hydrogens (tertiary/aromatic N) is 3. The van der Waals surface area contributed by atoms with Gasteiger partial charge in [0.25, 0.3) is 0 Å². The molecule has 1 aromatic heterocycles. The highest BCUT2D eigenvalue weighted by Gasteiger charge is 2.23. The zero-order chi connectivity index (χ0) is 19.6. The molecular formula is C21H37N5OS. The Morgan fingerprint density at radius 3 is 2.71 bits per heavy atom. The molecule has 0 radical (unpaired) electrons. The van der Waals surface area contributed by atoms with Gasteiger partial charge >= 0.3 is 0 Å². The van der Waals surface area contributed by atoms with Crippen LogP contribution in [0.4, 0.5) is 0 Å². The third-order valence-electron chi connectivity index (χ3n) is 5.81. The quantitative estimate of drug-likeness (QED) is 0.512. The molecule has 158 valence electrons. The van der Waals surface area contributed by atoms with Crippen LogP contribution in [0.1, 0.15) is 37.1 Å². The number of aliphatic imine (C=N–C) groups is 1. The maximum Gasteiger partial charge on any atom is 0.191 e. The molecule has 1 aromatic rings. The van der Waals surface area contributed by atoms with Gasteiger partial charge in [-0.25, -0.2) is 0 Å². The number of thiophene rings is 1. The van der Waals surface area contributed by atoms with E-state index >= 15 is 0 Å². The molecule has 0 aromatic carbocycles. The van der Waals surface area contributed by atoms with Crippen molar-refractivity contribution >= 4 is 17.3 Å². The molecule has 7 heteroatoms. The molecule has 3 heterocycles. The number of likely N-dealkylation sites (tertiary alicyclic amines) is 1. The summed E-state index contributed by atoms with van der Waals surface area (Å²) in [7, 11) is 2.23. The van der Waals surface area contributed by atoms with Crippen molar-refractivity contribution in [2.75, 3.05) is 66.1 Å². The number of nitrogens with one attached hydrogen (secondary N) is 2. The lowest BCUT2D eigenvalue weighted by molar-refractivity contribution is 0.0186. The molecule has 0 saturated carbocycles. The Hall–Kier alpha value is -1.15. The molecule has 28 heavy (non-hydrogen) atoms. The van der Waals surface area contributed by atoms with Crippen molar-refractivity contribution in [3.05, 3.63) is 22.4 Å². The summed E-state index contributed by atoms with van der Waals surface area (Å²) in [6, 6.07) is 4.72. The number of morpholine rings is 1. The van der Waals surface area contributed by atoms with Crippen LogP contribution in [0.5, 0.6) is 0 Å². The van der Waals surface area contributed by atoms with E-state index < -0.39 is 0 Å². The van der Waals surface area contributed by atoms with E-state index in [1.54, 1.807) is 0 Å². The summed E-state index contributed by atoms with van der Waals surface area (Å²) in [4.78, 5) is 11.3. The fraction of sp³-hybridized carbons (Fsp3) is 0.762. The number of guanidine groups is 1. The predicted molar refractivity (Wildman–Crippen MR) is 118 cm³/mol. The summed E-state index contributed by atoms with van der Waals surface area (Å²) in [5.74, 6) is 1.80. The number of rotatable bonds is 8. The fourth-order valence-corrected chi connectivity index (χ4v) is 4.87. The summed E-state index contributed by atoms with van der Waals surface area (Å²) in [6.07, 6.45) is 3.88. The predicted octanol–water partition coefficient (Wildman–Crippen LogP) is 2.41. The van der Waals surface area contributed by atoms with Crippen molar-refractivity contribution in [1.29, 1.82) is 0 Å². The molecule has 3 rings (SSSR count). The van der Waals surface area contributed by atoms with Gasteiger partial charge in [0.05, 0.1) is 25.8 Å². The van der Waals surface area contributed by atoms with Gasteiger partial charge in [-0.3, -0.25) is 9.89 Å². The lowest BCUT2D eigenvalue weighted by Crippen LogP contribution is -2.42. The van der Waals surface area contributed by atoms with Crippen molar-refractivity contribution < 1.29 is 4.74 Å². The van der Waals surface area contributed by atoms with Crippen LogP contribution in [-0.4, -0.2) is 81.8 Å². The summed E-state index contributed by atoms with van der Waals surface area (Å²) < 4.78 is 5.55. The first kappa shape index (κ1) is 21.6. The maximum absolute atomic E-state index is 5.55. The van der Waals surface area contributed by atoms with E-state index in [2.05, 4.69) is 51.9 Å². The van der Waals surface area contributed by atoms with Crippen molar-refractivity contribution in [3.63, 3.8) is 0 Å². The van der Waals surface area contributed by atoms with Gasteiger partial charge in [0.15, 0.2) is 5.96 Å². The highest BCUT2D eigenvalue weighted by atomic mass is 32.1. The van der Waals surface area contributed by atoms with Crippen molar-refractivity contribution in [1.82, 2.24) is 20.4 Å². The van der Waals surface area contributed by atoms with Crippen molar-refractivity contribution in [3.8, 4) is 0 Å². The Balaban J connectivity index is 1.53. The molecule has 6 nitrogen and oxygen atoms in total. The van der Waals surface area contributed by atoms with Gasteiger partial charge in [-0.1, -0.05) is 6.07 Å². The SMILES string of the molecule is CCNC(=NCC(c1cccs1)N1CCOCC1)NCCC1CCN(C)CC1. The smallest absolute Gasteiger partial charge is 0.191 e. The minimum Gasteiger partial charge on any atom is -0.379 e. The minimum absolute atomic E-state index is 0.341. The first-order valence-corrected chi connectivity index (χ1v) is 11.7. The van der Waals surface area contributed by atoms with Crippen LogP contribution in [0.2, 0.25) is 0 Å². The molecule has 0 bridgehead atoms. The topological polar surface area (TPSA) is 52.1 Å². The number of hydrogen-bond acceptors (Lipinski definition) is 5. The van der Waals surface area contributed by atoms with Crippen molar-refractivity contribution in [2.45, 2.75) is 32.2 Å². The van der Waals surface area contributed by atoms with E-state index in [9.17, 15) is 0 Å². The van der Waals surface area contributed by atoms with Crippen LogP contribution in [0, 0.1) is 5.92 Å². The molecule has 0 spiro atoms. The Bertz CT molecular complexity index is 565. The summed E-state index contributed by atoms with van der Waals surface area (Å²) in [6.45, 7) is 10.9.